The highest BCUT2D eigenvalue weighted by Crippen LogP contribution is 2.23. The maximum atomic E-state index is 10.8. The van der Waals surface area contributed by atoms with E-state index in [0.29, 0.717) is 12.1 Å². The summed E-state index contributed by atoms with van der Waals surface area (Å²) in [6.45, 7) is 8.60. The maximum absolute atomic E-state index is 10.8. The summed E-state index contributed by atoms with van der Waals surface area (Å²) in [7, 11) is 2.19. The fourth-order valence-corrected chi connectivity index (χ4v) is 2.60. The minimum atomic E-state index is 0.555. The third-order valence-electron chi connectivity index (χ3n) is 4.11. The van der Waals surface area contributed by atoms with E-state index in [1.807, 2.05) is 13.0 Å². The number of likely N-dealkylation sites (N-methyl/N-ethyl adjacent to an activating group) is 1. The smallest absolute Gasteiger partial charge is 0.150 e. The number of benzene rings is 1. The Kier molecular flexibility index (Phi) is 3.71. The average Bonchev–Trinajstić information content (AvgIpc) is 2.35. The van der Waals surface area contributed by atoms with Gasteiger partial charge in [-0.05, 0) is 51.6 Å². The number of piperazine rings is 1. The van der Waals surface area contributed by atoms with Gasteiger partial charge in [0.15, 0.2) is 0 Å². The lowest BCUT2D eigenvalue weighted by atomic mass is 10.1. The number of rotatable bonds is 2. The Hall–Kier alpha value is -1.35. The largest absolute Gasteiger partial charge is 0.368 e. The number of carbonyl (C=O) groups is 1. The van der Waals surface area contributed by atoms with Crippen LogP contribution in [0.2, 0.25) is 0 Å². The molecular formula is C15H22N2O. The lowest BCUT2D eigenvalue weighted by Crippen LogP contribution is -2.55. The van der Waals surface area contributed by atoms with Crippen molar-refractivity contribution in [1.29, 1.82) is 0 Å². The van der Waals surface area contributed by atoms with Crippen molar-refractivity contribution >= 4 is 12.0 Å². The molecule has 0 aliphatic carbocycles. The zero-order valence-corrected chi connectivity index (χ0v) is 11.7. The fraction of sp³-hybridized carbons (Fsp3) is 0.533. The topological polar surface area (TPSA) is 23.6 Å². The van der Waals surface area contributed by atoms with Gasteiger partial charge in [-0.2, -0.15) is 0 Å². The number of aldehydes is 1. The highest BCUT2D eigenvalue weighted by Gasteiger charge is 2.26. The average molecular weight is 246 g/mol. The van der Waals surface area contributed by atoms with Crippen LogP contribution in [0.3, 0.4) is 0 Å². The third-order valence-corrected chi connectivity index (χ3v) is 4.11. The van der Waals surface area contributed by atoms with Gasteiger partial charge in [-0.3, -0.25) is 9.69 Å². The summed E-state index contributed by atoms with van der Waals surface area (Å²) in [5, 5.41) is 0. The minimum absolute atomic E-state index is 0.555. The van der Waals surface area contributed by atoms with Gasteiger partial charge >= 0.3 is 0 Å². The molecule has 0 radical (unpaired) electrons. The normalized spacial score (nSPS) is 25.2. The van der Waals surface area contributed by atoms with Crippen LogP contribution in [0.15, 0.2) is 18.2 Å². The van der Waals surface area contributed by atoms with E-state index in [1.165, 1.54) is 5.69 Å². The van der Waals surface area contributed by atoms with E-state index < -0.39 is 0 Å². The van der Waals surface area contributed by atoms with E-state index in [-0.39, 0.29) is 0 Å². The molecule has 1 heterocycles. The molecule has 3 heteroatoms. The molecule has 1 fully saturated rings. The Morgan fingerprint density at radius 2 is 1.83 bits per heavy atom. The molecule has 1 aromatic rings. The first kappa shape index (κ1) is 13.1. The fourth-order valence-electron chi connectivity index (χ4n) is 2.60. The van der Waals surface area contributed by atoms with Crippen LogP contribution in [0.25, 0.3) is 0 Å². The first-order chi connectivity index (χ1) is 8.52. The molecule has 0 aromatic heterocycles. The van der Waals surface area contributed by atoms with Crippen LogP contribution in [0, 0.1) is 6.92 Å². The van der Waals surface area contributed by atoms with Crippen LogP contribution < -0.4 is 4.90 Å². The zero-order chi connectivity index (χ0) is 13.3. The van der Waals surface area contributed by atoms with Gasteiger partial charge in [0.05, 0.1) is 0 Å². The molecule has 3 nitrogen and oxygen atoms in total. The minimum Gasteiger partial charge on any atom is -0.368 e. The highest BCUT2D eigenvalue weighted by molar-refractivity contribution is 5.78. The molecule has 2 rings (SSSR count). The van der Waals surface area contributed by atoms with Crippen LogP contribution in [0.1, 0.15) is 29.8 Å². The van der Waals surface area contributed by atoms with Gasteiger partial charge in [-0.25, -0.2) is 0 Å². The van der Waals surface area contributed by atoms with E-state index in [9.17, 15) is 4.79 Å². The quantitative estimate of drug-likeness (QED) is 0.748. The van der Waals surface area contributed by atoms with Crippen LogP contribution in [0.5, 0.6) is 0 Å². The number of carbonyl (C=O) groups excluding carboxylic acids is 1. The first-order valence-corrected chi connectivity index (χ1v) is 6.55. The number of aryl methyl sites for hydroxylation is 1. The van der Waals surface area contributed by atoms with Crippen LogP contribution in [-0.2, 0) is 0 Å². The van der Waals surface area contributed by atoms with Gasteiger partial charge in [0.1, 0.15) is 6.29 Å². The van der Waals surface area contributed by atoms with Gasteiger partial charge in [0.25, 0.3) is 0 Å². The molecule has 1 aliphatic rings. The van der Waals surface area contributed by atoms with Gasteiger partial charge in [-0.1, -0.05) is 0 Å². The van der Waals surface area contributed by atoms with Gasteiger partial charge in [0, 0.05) is 36.4 Å². The molecule has 1 aromatic carbocycles. The molecular weight excluding hydrogens is 224 g/mol. The Labute approximate surface area is 109 Å². The van der Waals surface area contributed by atoms with E-state index in [1.54, 1.807) is 0 Å². The standard InChI is InChI=1S/C15H22N2O/c1-11-7-15(6-5-14(11)10-18)17-8-12(2)16(4)13(3)9-17/h5-7,10,12-13H,8-9H2,1-4H3. The Bertz CT molecular complexity index is 432. The van der Waals surface area contributed by atoms with E-state index in [0.717, 1.165) is 30.5 Å². The molecule has 2 unspecified atom stereocenters. The summed E-state index contributed by atoms with van der Waals surface area (Å²) in [6, 6.07) is 7.21. The Morgan fingerprint density at radius 3 is 2.33 bits per heavy atom. The highest BCUT2D eigenvalue weighted by atomic mass is 16.1. The second-order valence-corrected chi connectivity index (χ2v) is 5.43. The van der Waals surface area contributed by atoms with Crippen molar-refractivity contribution in [2.75, 3.05) is 25.0 Å². The van der Waals surface area contributed by atoms with E-state index in [4.69, 9.17) is 0 Å². The molecule has 0 spiro atoms. The summed E-state index contributed by atoms with van der Waals surface area (Å²) in [4.78, 5) is 15.7. The van der Waals surface area contributed by atoms with Crippen molar-refractivity contribution in [2.24, 2.45) is 0 Å². The lowest BCUT2D eigenvalue weighted by Gasteiger charge is -2.43. The number of hydrogen-bond acceptors (Lipinski definition) is 3. The van der Waals surface area contributed by atoms with Crippen molar-refractivity contribution < 1.29 is 4.79 Å². The van der Waals surface area contributed by atoms with E-state index in [2.05, 4.69) is 42.8 Å². The summed E-state index contributed by atoms with van der Waals surface area (Å²) in [6.07, 6.45) is 0.925. The monoisotopic (exact) mass is 246 g/mol. The van der Waals surface area contributed by atoms with Crippen molar-refractivity contribution in [2.45, 2.75) is 32.9 Å². The number of anilines is 1. The predicted octanol–water partition coefficient (Wildman–Crippen LogP) is 2.34. The van der Waals surface area contributed by atoms with Gasteiger partial charge in [-0.15, -0.1) is 0 Å². The Morgan fingerprint density at radius 1 is 1.22 bits per heavy atom. The van der Waals surface area contributed by atoms with Crippen LogP contribution >= 0.6 is 0 Å². The van der Waals surface area contributed by atoms with Gasteiger partial charge < -0.3 is 4.90 Å². The van der Waals surface area contributed by atoms with Crippen LogP contribution in [-0.4, -0.2) is 43.4 Å². The summed E-state index contributed by atoms with van der Waals surface area (Å²) >= 11 is 0. The summed E-state index contributed by atoms with van der Waals surface area (Å²) in [5.41, 5.74) is 3.07. The second-order valence-electron chi connectivity index (χ2n) is 5.43. The van der Waals surface area contributed by atoms with Crippen molar-refractivity contribution in [3.8, 4) is 0 Å². The predicted molar refractivity (Wildman–Crippen MR) is 75.5 cm³/mol. The van der Waals surface area contributed by atoms with Crippen LogP contribution in [0.4, 0.5) is 5.69 Å². The molecule has 1 saturated heterocycles. The van der Waals surface area contributed by atoms with E-state index >= 15 is 0 Å². The third kappa shape index (κ3) is 2.41. The first-order valence-electron chi connectivity index (χ1n) is 6.55. The molecule has 1 aliphatic heterocycles. The summed E-state index contributed by atoms with van der Waals surface area (Å²) < 4.78 is 0. The molecule has 0 bridgehead atoms. The van der Waals surface area contributed by atoms with Gasteiger partial charge in [0.2, 0.25) is 0 Å². The molecule has 0 amide bonds. The SMILES string of the molecule is Cc1cc(N2CC(C)N(C)C(C)C2)ccc1C=O. The maximum Gasteiger partial charge on any atom is 0.150 e. The Balaban J connectivity index is 2.22. The van der Waals surface area contributed by atoms with Crippen molar-refractivity contribution in [3.63, 3.8) is 0 Å². The van der Waals surface area contributed by atoms with Crippen molar-refractivity contribution in [3.05, 3.63) is 29.3 Å². The zero-order valence-electron chi connectivity index (χ0n) is 11.7. The number of hydrogen-bond donors (Lipinski definition) is 0. The lowest BCUT2D eigenvalue weighted by molar-refractivity contribution is 0.112. The molecule has 0 N–H and O–H groups in total. The summed E-state index contributed by atoms with van der Waals surface area (Å²) in [5.74, 6) is 0. The molecule has 98 valence electrons. The second kappa shape index (κ2) is 5.11. The molecule has 2 atom stereocenters. The number of nitrogens with zero attached hydrogens (tertiary/aromatic N) is 2. The molecule has 18 heavy (non-hydrogen) atoms. The molecule has 0 saturated carbocycles. The van der Waals surface area contributed by atoms with Crippen molar-refractivity contribution in [1.82, 2.24) is 4.90 Å².